The number of rotatable bonds is 3. The van der Waals surface area contributed by atoms with Crippen LogP contribution in [0.4, 0.5) is 4.39 Å². The van der Waals surface area contributed by atoms with Crippen LogP contribution in [0.2, 0.25) is 0 Å². The van der Waals surface area contributed by atoms with Crippen LogP contribution in [-0.2, 0) is 0 Å². The molecule has 0 fully saturated rings. The van der Waals surface area contributed by atoms with Gasteiger partial charge < -0.3 is 10.5 Å². The summed E-state index contributed by atoms with van der Waals surface area (Å²) in [5, 5.41) is 0. The number of hydrogen-bond acceptors (Lipinski definition) is 2. The molecule has 0 bridgehead atoms. The lowest BCUT2D eigenvalue weighted by atomic mass is 10.1. The molecular weight excluding hydrogens is 249 g/mol. The number of nitrogens with two attached hydrogens (primary N) is 1. The van der Waals surface area contributed by atoms with Gasteiger partial charge in [0.05, 0.1) is 5.56 Å². The maximum Gasteiger partial charge on any atom is 0.137 e. The number of ether oxygens (including phenoxy) is 1. The summed E-state index contributed by atoms with van der Waals surface area (Å²) in [5.41, 5.74) is 7.32. The predicted molar refractivity (Wildman–Crippen MR) is 73.5 cm³/mol. The summed E-state index contributed by atoms with van der Waals surface area (Å²) in [6, 6.07) is 11.4. The van der Waals surface area contributed by atoms with E-state index in [9.17, 15) is 4.39 Å². The van der Waals surface area contributed by atoms with E-state index >= 15 is 0 Å². The second kappa shape index (κ2) is 5.14. The summed E-state index contributed by atoms with van der Waals surface area (Å²) >= 11 is 4.97. The zero-order valence-corrected chi connectivity index (χ0v) is 10.6. The number of hydrogen-bond donors (Lipinski definition) is 1. The summed E-state index contributed by atoms with van der Waals surface area (Å²) < 4.78 is 18.7. The van der Waals surface area contributed by atoms with Crippen molar-refractivity contribution in [3.05, 3.63) is 59.4 Å². The van der Waals surface area contributed by atoms with Crippen LogP contribution < -0.4 is 10.5 Å². The molecule has 2 aromatic carbocycles. The van der Waals surface area contributed by atoms with E-state index in [-0.39, 0.29) is 10.8 Å². The quantitative estimate of drug-likeness (QED) is 0.858. The zero-order valence-electron chi connectivity index (χ0n) is 9.81. The highest BCUT2D eigenvalue weighted by Crippen LogP contribution is 2.26. The lowest BCUT2D eigenvalue weighted by Gasteiger charge is -2.11. The molecule has 0 radical (unpaired) electrons. The van der Waals surface area contributed by atoms with Crippen LogP contribution in [0.1, 0.15) is 11.1 Å². The van der Waals surface area contributed by atoms with Crippen molar-refractivity contribution in [1.29, 1.82) is 0 Å². The first kappa shape index (κ1) is 12.5. The minimum Gasteiger partial charge on any atom is -0.457 e. The van der Waals surface area contributed by atoms with Crippen molar-refractivity contribution in [2.45, 2.75) is 6.92 Å². The van der Waals surface area contributed by atoms with Gasteiger partial charge in [-0.15, -0.1) is 0 Å². The molecule has 4 heteroatoms. The van der Waals surface area contributed by atoms with E-state index in [2.05, 4.69) is 0 Å². The van der Waals surface area contributed by atoms with Crippen LogP contribution in [0.3, 0.4) is 0 Å². The molecule has 0 atom stereocenters. The normalized spacial score (nSPS) is 10.1. The lowest BCUT2D eigenvalue weighted by Crippen LogP contribution is -2.11. The fraction of sp³-hybridized carbons (Fsp3) is 0.0714. The fourth-order valence-electron chi connectivity index (χ4n) is 1.58. The maximum absolute atomic E-state index is 13.1. The summed E-state index contributed by atoms with van der Waals surface area (Å²) in [5.74, 6) is 0.589. The molecule has 2 aromatic rings. The first-order valence-electron chi connectivity index (χ1n) is 5.40. The third kappa shape index (κ3) is 2.84. The highest BCUT2D eigenvalue weighted by molar-refractivity contribution is 7.80. The highest BCUT2D eigenvalue weighted by Gasteiger charge is 2.08. The van der Waals surface area contributed by atoms with Gasteiger partial charge in [-0.2, -0.15) is 0 Å². The standard InChI is InChI=1S/C14H12FNOS/c1-9-5-6-13(12(7-9)14(16)18)17-11-4-2-3-10(15)8-11/h2-8H,1H3,(H2,16,18). The molecule has 0 spiro atoms. The molecular formula is C14H12FNOS. The van der Waals surface area contributed by atoms with E-state index in [1.165, 1.54) is 12.1 Å². The van der Waals surface area contributed by atoms with Gasteiger partial charge >= 0.3 is 0 Å². The molecule has 0 saturated carbocycles. The van der Waals surface area contributed by atoms with Gasteiger partial charge in [0.1, 0.15) is 22.3 Å². The Labute approximate surface area is 110 Å². The number of thiocarbonyl (C=S) groups is 1. The minimum atomic E-state index is -0.350. The van der Waals surface area contributed by atoms with E-state index < -0.39 is 0 Å². The molecule has 2 nitrogen and oxygen atoms in total. The molecule has 0 aromatic heterocycles. The van der Waals surface area contributed by atoms with Crippen LogP contribution in [0.15, 0.2) is 42.5 Å². The SMILES string of the molecule is Cc1ccc(Oc2cccc(F)c2)c(C(N)=S)c1. The summed E-state index contributed by atoms with van der Waals surface area (Å²) in [4.78, 5) is 0.255. The molecule has 0 unspecified atom stereocenters. The molecule has 0 heterocycles. The molecule has 0 aliphatic carbocycles. The first-order chi connectivity index (χ1) is 8.56. The number of benzene rings is 2. The van der Waals surface area contributed by atoms with E-state index in [1.807, 2.05) is 19.1 Å². The summed E-state index contributed by atoms with van der Waals surface area (Å²) in [7, 11) is 0. The van der Waals surface area contributed by atoms with Crippen LogP contribution in [0, 0.1) is 12.7 Å². The highest BCUT2D eigenvalue weighted by atomic mass is 32.1. The van der Waals surface area contributed by atoms with Crippen molar-refractivity contribution < 1.29 is 9.13 Å². The number of aryl methyl sites for hydroxylation is 1. The minimum absolute atomic E-state index is 0.255. The fourth-order valence-corrected chi connectivity index (χ4v) is 1.74. The average Bonchev–Trinajstić information content (AvgIpc) is 2.31. The average molecular weight is 261 g/mol. The molecule has 2 N–H and O–H groups in total. The van der Waals surface area contributed by atoms with Gasteiger partial charge in [-0.05, 0) is 31.2 Å². The van der Waals surface area contributed by atoms with Crippen molar-refractivity contribution >= 4 is 17.2 Å². The Morgan fingerprint density at radius 3 is 2.67 bits per heavy atom. The van der Waals surface area contributed by atoms with Gasteiger partial charge in [-0.25, -0.2) is 4.39 Å². The molecule has 0 aliphatic rings. The molecule has 2 rings (SSSR count). The van der Waals surface area contributed by atoms with E-state index in [1.54, 1.807) is 18.2 Å². The largest absolute Gasteiger partial charge is 0.457 e. The van der Waals surface area contributed by atoms with Gasteiger partial charge in [0, 0.05) is 6.07 Å². The van der Waals surface area contributed by atoms with E-state index in [0.29, 0.717) is 17.1 Å². The number of halogens is 1. The second-order valence-corrected chi connectivity index (χ2v) is 4.36. The molecule has 0 amide bonds. The first-order valence-corrected chi connectivity index (χ1v) is 5.81. The van der Waals surface area contributed by atoms with Crippen LogP contribution >= 0.6 is 12.2 Å². The summed E-state index contributed by atoms with van der Waals surface area (Å²) in [6.07, 6.45) is 0. The van der Waals surface area contributed by atoms with E-state index in [4.69, 9.17) is 22.7 Å². The van der Waals surface area contributed by atoms with Crippen LogP contribution in [0.25, 0.3) is 0 Å². The Bertz CT molecular complexity index is 598. The van der Waals surface area contributed by atoms with Crippen molar-refractivity contribution in [3.8, 4) is 11.5 Å². The smallest absolute Gasteiger partial charge is 0.137 e. The topological polar surface area (TPSA) is 35.2 Å². The van der Waals surface area contributed by atoms with Gasteiger partial charge in [0.2, 0.25) is 0 Å². The monoisotopic (exact) mass is 261 g/mol. The van der Waals surface area contributed by atoms with Crippen molar-refractivity contribution in [2.24, 2.45) is 5.73 Å². The molecule has 92 valence electrons. The molecule has 0 saturated heterocycles. The van der Waals surface area contributed by atoms with Crippen molar-refractivity contribution in [1.82, 2.24) is 0 Å². The van der Waals surface area contributed by atoms with Gasteiger partial charge in [-0.3, -0.25) is 0 Å². The Kier molecular flexibility index (Phi) is 3.58. The van der Waals surface area contributed by atoms with Gasteiger partial charge in [-0.1, -0.05) is 29.9 Å². The molecule has 18 heavy (non-hydrogen) atoms. The van der Waals surface area contributed by atoms with Crippen molar-refractivity contribution in [2.75, 3.05) is 0 Å². The maximum atomic E-state index is 13.1. The van der Waals surface area contributed by atoms with Crippen LogP contribution in [-0.4, -0.2) is 4.99 Å². The lowest BCUT2D eigenvalue weighted by molar-refractivity contribution is 0.476. The van der Waals surface area contributed by atoms with Crippen LogP contribution in [0.5, 0.6) is 11.5 Å². The predicted octanol–water partition coefficient (Wildman–Crippen LogP) is 3.56. The Morgan fingerprint density at radius 2 is 2.00 bits per heavy atom. The van der Waals surface area contributed by atoms with Gasteiger partial charge in [0.25, 0.3) is 0 Å². The van der Waals surface area contributed by atoms with E-state index in [0.717, 1.165) is 5.56 Å². The zero-order chi connectivity index (χ0) is 13.1. The third-order valence-electron chi connectivity index (χ3n) is 2.42. The molecule has 0 aliphatic heterocycles. The Morgan fingerprint density at radius 1 is 1.22 bits per heavy atom. The Hall–Kier alpha value is -1.94. The van der Waals surface area contributed by atoms with Gasteiger partial charge in [0.15, 0.2) is 0 Å². The summed E-state index contributed by atoms with van der Waals surface area (Å²) in [6.45, 7) is 1.94. The van der Waals surface area contributed by atoms with Crippen molar-refractivity contribution in [3.63, 3.8) is 0 Å². The Balaban J connectivity index is 2.37. The second-order valence-electron chi connectivity index (χ2n) is 3.92. The third-order valence-corrected chi connectivity index (χ3v) is 2.64.